The van der Waals surface area contributed by atoms with Gasteiger partial charge in [0.2, 0.25) is 0 Å². The lowest BCUT2D eigenvalue weighted by molar-refractivity contribution is -0.171. The predicted molar refractivity (Wildman–Crippen MR) is 93.4 cm³/mol. The van der Waals surface area contributed by atoms with E-state index in [0.717, 1.165) is 12.8 Å². The SMILES string of the molecule is CC(C)(C)OC(=O)[C@]1(C)CC=CC[C@H]1C[C@H](O)C1=CCCCC1=O. The van der Waals surface area contributed by atoms with Crippen LogP contribution in [0.4, 0.5) is 0 Å². The first kappa shape index (κ1) is 18.9. The molecule has 134 valence electrons. The fourth-order valence-electron chi connectivity index (χ4n) is 3.51. The van der Waals surface area contributed by atoms with Gasteiger partial charge in [0, 0.05) is 12.0 Å². The predicted octanol–water partition coefficient (Wildman–Crippen LogP) is 3.73. The number of esters is 1. The van der Waals surface area contributed by atoms with Gasteiger partial charge in [0.1, 0.15) is 5.60 Å². The summed E-state index contributed by atoms with van der Waals surface area (Å²) >= 11 is 0. The number of aliphatic hydroxyl groups excluding tert-OH is 1. The van der Waals surface area contributed by atoms with E-state index in [-0.39, 0.29) is 17.7 Å². The van der Waals surface area contributed by atoms with Crippen LogP contribution in [0, 0.1) is 11.3 Å². The van der Waals surface area contributed by atoms with E-state index in [2.05, 4.69) is 6.08 Å². The number of ether oxygens (including phenoxy) is 1. The molecule has 1 N–H and O–H groups in total. The van der Waals surface area contributed by atoms with E-state index >= 15 is 0 Å². The summed E-state index contributed by atoms with van der Waals surface area (Å²) in [6.07, 6.45) is 9.08. The molecule has 0 fully saturated rings. The van der Waals surface area contributed by atoms with Crippen molar-refractivity contribution in [3.05, 3.63) is 23.8 Å². The number of allylic oxidation sites excluding steroid dienone is 3. The van der Waals surface area contributed by atoms with Crippen molar-refractivity contribution in [3.63, 3.8) is 0 Å². The first-order chi connectivity index (χ1) is 11.1. The first-order valence-corrected chi connectivity index (χ1v) is 8.93. The molecule has 4 heteroatoms. The van der Waals surface area contributed by atoms with Crippen molar-refractivity contribution in [2.24, 2.45) is 11.3 Å². The van der Waals surface area contributed by atoms with Crippen molar-refractivity contribution < 1.29 is 19.4 Å². The number of carbonyl (C=O) groups is 2. The highest BCUT2D eigenvalue weighted by molar-refractivity contribution is 5.96. The molecule has 0 aliphatic heterocycles. The van der Waals surface area contributed by atoms with Gasteiger partial charge in [-0.15, -0.1) is 0 Å². The number of ketones is 1. The average molecular weight is 334 g/mol. The summed E-state index contributed by atoms with van der Waals surface area (Å²) in [4.78, 5) is 24.8. The van der Waals surface area contributed by atoms with E-state index in [9.17, 15) is 14.7 Å². The van der Waals surface area contributed by atoms with Gasteiger partial charge in [0.15, 0.2) is 5.78 Å². The minimum absolute atomic E-state index is 0.0389. The van der Waals surface area contributed by atoms with Crippen LogP contribution in [0.3, 0.4) is 0 Å². The largest absolute Gasteiger partial charge is 0.460 e. The van der Waals surface area contributed by atoms with Crippen LogP contribution >= 0.6 is 0 Å². The summed E-state index contributed by atoms with van der Waals surface area (Å²) in [7, 11) is 0. The molecule has 0 amide bonds. The lowest BCUT2D eigenvalue weighted by Crippen LogP contribution is -2.43. The molecule has 0 saturated heterocycles. The lowest BCUT2D eigenvalue weighted by atomic mass is 9.67. The highest BCUT2D eigenvalue weighted by Gasteiger charge is 2.45. The number of hydrogen-bond donors (Lipinski definition) is 1. The van der Waals surface area contributed by atoms with Crippen LogP contribution in [0.15, 0.2) is 23.8 Å². The van der Waals surface area contributed by atoms with Crippen LogP contribution in [-0.2, 0) is 14.3 Å². The van der Waals surface area contributed by atoms with E-state index < -0.39 is 17.1 Å². The van der Waals surface area contributed by atoms with Gasteiger partial charge in [-0.25, -0.2) is 0 Å². The van der Waals surface area contributed by atoms with Crippen molar-refractivity contribution >= 4 is 11.8 Å². The summed E-state index contributed by atoms with van der Waals surface area (Å²) < 4.78 is 5.62. The van der Waals surface area contributed by atoms with E-state index in [1.807, 2.05) is 39.8 Å². The van der Waals surface area contributed by atoms with Gasteiger partial charge in [0.05, 0.1) is 11.5 Å². The minimum atomic E-state index is -0.795. The molecule has 0 radical (unpaired) electrons. The molecule has 4 nitrogen and oxygen atoms in total. The maximum absolute atomic E-state index is 12.7. The van der Waals surface area contributed by atoms with Crippen LogP contribution in [0.1, 0.15) is 66.2 Å². The Morgan fingerprint density at radius 2 is 2.12 bits per heavy atom. The summed E-state index contributed by atoms with van der Waals surface area (Å²) in [5.74, 6) is -0.220. The quantitative estimate of drug-likeness (QED) is 0.628. The van der Waals surface area contributed by atoms with E-state index in [1.165, 1.54) is 0 Å². The Morgan fingerprint density at radius 1 is 1.42 bits per heavy atom. The van der Waals surface area contributed by atoms with Gasteiger partial charge in [-0.2, -0.15) is 0 Å². The van der Waals surface area contributed by atoms with Gasteiger partial charge in [-0.1, -0.05) is 18.2 Å². The molecule has 24 heavy (non-hydrogen) atoms. The zero-order valence-electron chi connectivity index (χ0n) is 15.3. The van der Waals surface area contributed by atoms with Crippen LogP contribution < -0.4 is 0 Å². The monoisotopic (exact) mass is 334 g/mol. The Morgan fingerprint density at radius 3 is 2.75 bits per heavy atom. The number of Topliss-reactive ketones (excluding diaryl/α,β-unsaturated/α-hetero) is 1. The lowest BCUT2D eigenvalue weighted by Gasteiger charge is -2.39. The van der Waals surface area contributed by atoms with Crippen LogP contribution in [0.5, 0.6) is 0 Å². The molecule has 0 aromatic heterocycles. The smallest absolute Gasteiger partial charge is 0.312 e. The zero-order chi connectivity index (χ0) is 18.0. The molecule has 0 aromatic carbocycles. The van der Waals surface area contributed by atoms with E-state index in [4.69, 9.17) is 4.74 Å². The molecule has 2 aliphatic carbocycles. The molecule has 0 spiro atoms. The van der Waals surface area contributed by atoms with Crippen molar-refractivity contribution in [2.45, 2.75) is 77.9 Å². The summed E-state index contributed by atoms with van der Waals surface area (Å²) in [5.41, 5.74) is -0.671. The van der Waals surface area contributed by atoms with Gasteiger partial charge >= 0.3 is 5.97 Å². The standard InChI is InChI=1S/C20H30O4/c1-19(2,3)24-18(23)20(4)12-8-7-9-14(20)13-17(22)15-10-5-6-11-16(15)21/h7-8,10,14,17,22H,5-6,9,11-13H2,1-4H3/t14-,17-,20+/m0/s1. The number of aliphatic hydroxyl groups is 1. The molecule has 0 heterocycles. The second kappa shape index (κ2) is 7.22. The molecule has 3 atom stereocenters. The summed E-state index contributed by atoms with van der Waals surface area (Å²) in [5, 5.41) is 10.6. The van der Waals surface area contributed by atoms with Gasteiger partial charge < -0.3 is 9.84 Å². The number of carbonyl (C=O) groups excluding carboxylic acids is 2. The topological polar surface area (TPSA) is 63.6 Å². The third-order valence-electron chi connectivity index (χ3n) is 5.06. The van der Waals surface area contributed by atoms with Crippen molar-refractivity contribution in [1.82, 2.24) is 0 Å². The Balaban J connectivity index is 2.14. The number of hydrogen-bond acceptors (Lipinski definition) is 4. The third kappa shape index (κ3) is 4.35. The maximum Gasteiger partial charge on any atom is 0.312 e. The second-order valence-corrected chi connectivity index (χ2v) is 8.25. The normalized spacial score (nSPS) is 29.1. The highest BCUT2D eigenvalue weighted by Crippen LogP contribution is 2.43. The average Bonchev–Trinajstić information content (AvgIpc) is 2.48. The Hall–Kier alpha value is -1.42. The number of rotatable bonds is 4. The fraction of sp³-hybridized carbons (Fsp3) is 0.700. The van der Waals surface area contributed by atoms with Gasteiger partial charge in [-0.05, 0) is 65.7 Å². The van der Waals surface area contributed by atoms with Crippen molar-refractivity contribution in [1.29, 1.82) is 0 Å². The fourth-order valence-corrected chi connectivity index (χ4v) is 3.51. The third-order valence-corrected chi connectivity index (χ3v) is 5.06. The summed E-state index contributed by atoms with van der Waals surface area (Å²) in [6, 6.07) is 0. The first-order valence-electron chi connectivity index (χ1n) is 8.93. The molecule has 0 bridgehead atoms. The van der Waals surface area contributed by atoms with Crippen molar-refractivity contribution in [3.8, 4) is 0 Å². The minimum Gasteiger partial charge on any atom is -0.460 e. The molecule has 0 unspecified atom stereocenters. The highest BCUT2D eigenvalue weighted by atomic mass is 16.6. The second-order valence-electron chi connectivity index (χ2n) is 8.25. The van der Waals surface area contributed by atoms with E-state index in [1.54, 1.807) is 0 Å². The van der Waals surface area contributed by atoms with Crippen LogP contribution in [0.2, 0.25) is 0 Å². The van der Waals surface area contributed by atoms with Crippen LogP contribution in [0.25, 0.3) is 0 Å². The molecule has 2 rings (SSSR count). The Labute approximate surface area is 145 Å². The summed E-state index contributed by atoms with van der Waals surface area (Å²) in [6.45, 7) is 7.51. The molecule has 0 saturated carbocycles. The Kier molecular flexibility index (Phi) is 5.69. The van der Waals surface area contributed by atoms with Gasteiger partial charge in [0.25, 0.3) is 0 Å². The van der Waals surface area contributed by atoms with E-state index in [0.29, 0.717) is 31.3 Å². The van der Waals surface area contributed by atoms with Gasteiger partial charge in [-0.3, -0.25) is 9.59 Å². The zero-order valence-corrected chi connectivity index (χ0v) is 15.3. The maximum atomic E-state index is 12.7. The molecular formula is C20H30O4. The van der Waals surface area contributed by atoms with Crippen molar-refractivity contribution in [2.75, 3.05) is 0 Å². The molecule has 2 aliphatic rings. The molecule has 0 aromatic rings. The van der Waals surface area contributed by atoms with Crippen LogP contribution in [-0.4, -0.2) is 28.6 Å². The molecular weight excluding hydrogens is 304 g/mol. The Bertz CT molecular complexity index is 552.